The van der Waals surface area contributed by atoms with Crippen LogP contribution in [-0.2, 0) is 9.53 Å². The van der Waals surface area contributed by atoms with Crippen LogP contribution in [0, 0.1) is 6.92 Å². The van der Waals surface area contributed by atoms with E-state index in [2.05, 4.69) is 0 Å². The van der Waals surface area contributed by atoms with Crippen LogP contribution in [0.3, 0.4) is 0 Å². The van der Waals surface area contributed by atoms with Crippen LogP contribution in [0.25, 0.3) is 0 Å². The van der Waals surface area contributed by atoms with E-state index in [9.17, 15) is 9.59 Å². The van der Waals surface area contributed by atoms with E-state index >= 15 is 0 Å². The van der Waals surface area contributed by atoms with Crippen LogP contribution < -0.4 is 14.2 Å². The predicted molar refractivity (Wildman–Crippen MR) is 89.1 cm³/mol. The van der Waals surface area contributed by atoms with Gasteiger partial charge >= 0.3 is 5.97 Å². The second-order valence-corrected chi connectivity index (χ2v) is 5.67. The van der Waals surface area contributed by atoms with Crippen LogP contribution in [-0.4, -0.2) is 31.3 Å². The van der Waals surface area contributed by atoms with E-state index < -0.39 is 12.1 Å². The largest absolute Gasteiger partial charge is 0.479 e. The van der Waals surface area contributed by atoms with E-state index in [1.165, 1.54) is 0 Å². The first kappa shape index (κ1) is 16.8. The highest BCUT2D eigenvalue weighted by Gasteiger charge is 2.20. The van der Waals surface area contributed by atoms with Crippen molar-refractivity contribution in [2.45, 2.75) is 20.0 Å². The molecule has 0 aliphatic carbocycles. The number of carbonyl (C=O) groups is 2. The van der Waals surface area contributed by atoms with Crippen molar-refractivity contribution < 1.29 is 28.5 Å². The van der Waals surface area contributed by atoms with Crippen LogP contribution >= 0.6 is 0 Å². The number of rotatable bonds is 6. The molecule has 6 heteroatoms. The Kier molecular flexibility index (Phi) is 4.88. The lowest BCUT2D eigenvalue weighted by molar-refractivity contribution is -0.149. The fourth-order valence-electron chi connectivity index (χ4n) is 2.28. The van der Waals surface area contributed by atoms with Gasteiger partial charge in [-0.3, -0.25) is 4.79 Å². The molecule has 25 heavy (non-hydrogen) atoms. The highest BCUT2D eigenvalue weighted by atomic mass is 16.7. The fraction of sp³-hybridized carbons (Fsp3) is 0.263. The van der Waals surface area contributed by atoms with Gasteiger partial charge in [0.2, 0.25) is 6.79 Å². The Bertz CT molecular complexity index is 781. The summed E-state index contributed by atoms with van der Waals surface area (Å²) in [4.78, 5) is 24.1. The Morgan fingerprint density at radius 2 is 1.80 bits per heavy atom. The molecule has 0 saturated heterocycles. The zero-order valence-electron chi connectivity index (χ0n) is 14.0. The van der Waals surface area contributed by atoms with Crippen molar-refractivity contribution in [3.63, 3.8) is 0 Å². The lowest BCUT2D eigenvalue weighted by Gasteiger charge is -2.14. The monoisotopic (exact) mass is 342 g/mol. The minimum atomic E-state index is -0.813. The van der Waals surface area contributed by atoms with Gasteiger partial charge in [0, 0.05) is 5.56 Å². The SMILES string of the molecule is Cc1ccc(O[C@H](C)C(=O)OCC(=O)c2ccc3c(c2)OCO3)cc1. The van der Waals surface area contributed by atoms with Crippen molar-refractivity contribution >= 4 is 11.8 Å². The standard InChI is InChI=1S/C19H18O6/c1-12-3-6-15(7-4-12)25-13(2)19(21)22-10-16(20)14-5-8-17-18(9-14)24-11-23-17/h3-9,13H,10-11H2,1-2H3/t13-/m1/s1. The van der Waals surface area contributed by atoms with E-state index in [-0.39, 0.29) is 19.2 Å². The van der Waals surface area contributed by atoms with Gasteiger partial charge in [0.1, 0.15) is 5.75 Å². The molecular formula is C19H18O6. The molecule has 1 aliphatic rings. The first-order chi connectivity index (χ1) is 12.0. The van der Waals surface area contributed by atoms with Gasteiger partial charge in [-0.1, -0.05) is 17.7 Å². The van der Waals surface area contributed by atoms with E-state index in [4.69, 9.17) is 18.9 Å². The molecule has 1 heterocycles. The Labute approximate surface area is 145 Å². The normalized spacial score (nSPS) is 13.2. The van der Waals surface area contributed by atoms with Gasteiger partial charge in [-0.2, -0.15) is 0 Å². The number of carbonyl (C=O) groups excluding carboxylic acids is 2. The summed E-state index contributed by atoms with van der Waals surface area (Å²) in [5.74, 6) is 0.739. The molecule has 6 nitrogen and oxygen atoms in total. The number of fused-ring (bicyclic) bond motifs is 1. The maximum Gasteiger partial charge on any atom is 0.347 e. The fourth-order valence-corrected chi connectivity index (χ4v) is 2.28. The maximum absolute atomic E-state index is 12.2. The summed E-state index contributed by atoms with van der Waals surface area (Å²) in [6.45, 7) is 3.31. The Morgan fingerprint density at radius 1 is 1.08 bits per heavy atom. The highest BCUT2D eigenvalue weighted by Crippen LogP contribution is 2.32. The zero-order valence-corrected chi connectivity index (χ0v) is 14.0. The molecule has 0 N–H and O–H groups in total. The molecule has 3 rings (SSSR count). The van der Waals surface area contributed by atoms with E-state index in [0.717, 1.165) is 5.56 Å². The van der Waals surface area contributed by atoms with Gasteiger partial charge in [0.15, 0.2) is 30.0 Å². The third kappa shape index (κ3) is 4.09. The summed E-state index contributed by atoms with van der Waals surface area (Å²) in [7, 11) is 0. The highest BCUT2D eigenvalue weighted by molar-refractivity contribution is 5.98. The minimum Gasteiger partial charge on any atom is -0.479 e. The van der Waals surface area contributed by atoms with Crippen LogP contribution in [0.15, 0.2) is 42.5 Å². The first-order valence-corrected chi connectivity index (χ1v) is 7.86. The summed E-state index contributed by atoms with van der Waals surface area (Å²) >= 11 is 0. The maximum atomic E-state index is 12.2. The van der Waals surface area contributed by atoms with E-state index in [1.54, 1.807) is 37.3 Å². The number of Topliss-reactive ketones (excluding diaryl/α,β-unsaturated/α-hetero) is 1. The summed E-state index contributed by atoms with van der Waals surface area (Å²) in [5, 5.41) is 0. The molecule has 0 fully saturated rings. The molecule has 0 unspecified atom stereocenters. The van der Waals surface area contributed by atoms with Gasteiger partial charge in [-0.25, -0.2) is 4.79 Å². The van der Waals surface area contributed by atoms with Gasteiger partial charge in [0.05, 0.1) is 0 Å². The number of hydrogen-bond acceptors (Lipinski definition) is 6. The molecule has 1 aliphatic heterocycles. The smallest absolute Gasteiger partial charge is 0.347 e. The number of ether oxygens (including phenoxy) is 4. The second kappa shape index (κ2) is 7.25. The molecule has 0 radical (unpaired) electrons. The van der Waals surface area contributed by atoms with E-state index in [1.807, 2.05) is 19.1 Å². The van der Waals surface area contributed by atoms with E-state index in [0.29, 0.717) is 22.8 Å². The van der Waals surface area contributed by atoms with Gasteiger partial charge < -0.3 is 18.9 Å². The van der Waals surface area contributed by atoms with Gasteiger partial charge in [0.25, 0.3) is 0 Å². The molecule has 130 valence electrons. The van der Waals surface area contributed by atoms with Crippen molar-refractivity contribution in [3.8, 4) is 17.2 Å². The molecule has 0 saturated carbocycles. The Hall–Kier alpha value is -3.02. The van der Waals surface area contributed by atoms with Crippen LogP contribution in [0.4, 0.5) is 0 Å². The average Bonchev–Trinajstić information content (AvgIpc) is 3.08. The number of hydrogen-bond donors (Lipinski definition) is 0. The Morgan fingerprint density at radius 3 is 2.56 bits per heavy atom. The van der Waals surface area contributed by atoms with Crippen LogP contribution in [0.1, 0.15) is 22.8 Å². The summed E-state index contributed by atoms with van der Waals surface area (Å²) in [5.41, 5.74) is 1.49. The number of benzene rings is 2. The number of aryl methyl sites for hydroxylation is 1. The van der Waals surface area contributed by atoms with Crippen molar-refractivity contribution in [3.05, 3.63) is 53.6 Å². The number of esters is 1. The first-order valence-electron chi connectivity index (χ1n) is 7.86. The van der Waals surface area contributed by atoms with Crippen LogP contribution in [0.2, 0.25) is 0 Å². The van der Waals surface area contributed by atoms with Gasteiger partial charge in [-0.05, 0) is 44.2 Å². The lowest BCUT2D eigenvalue weighted by atomic mass is 10.1. The molecule has 0 amide bonds. The third-order valence-corrected chi connectivity index (χ3v) is 3.71. The molecule has 2 aromatic rings. The quantitative estimate of drug-likeness (QED) is 0.594. The predicted octanol–water partition coefficient (Wildman–Crippen LogP) is 2.92. The van der Waals surface area contributed by atoms with Crippen molar-refractivity contribution in [2.24, 2.45) is 0 Å². The van der Waals surface area contributed by atoms with Crippen molar-refractivity contribution in [1.29, 1.82) is 0 Å². The molecule has 1 atom stereocenters. The summed E-state index contributed by atoms with van der Waals surface area (Å²) < 4.78 is 21.0. The van der Waals surface area contributed by atoms with Crippen LogP contribution in [0.5, 0.6) is 17.2 Å². The topological polar surface area (TPSA) is 71.1 Å². The van der Waals surface area contributed by atoms with Gasteiger partial charge in [-0.15, -0.1) is 0 Å². The summed E-state index contributed by atoms with van der Waals surface area (Å²) in [6.07, 6.45) is -0.813. The summed E-state index contributed by atoms with van der Waals surface area (Å²) in [6, 6.07) is 12.2. The Balaban J connectivity index is 1.52. The number of ketones is 1. The molecule has 0 bridgehead atoms. The second-order valence-electron chi connectivity index (χ2n) is 5.67. The minimum absolute atomic E-state index is 0.135. The third-order valence-electron chi connectivity index (χ3n) is 3.71. The lowest BCUT2D eigenvalue weighted by Crippen LogP contribution is -2.28. The molecular weight excluding hydrogens is 324 g/mol. The van der Waals surface area contributed by atoms with Crippen molar-refractivity contribution in [1.82, 2.24) is 0 Å². The zero-order chi connectivity index (χ0) is 17.8. The molecule has 2 aromatic carbocycles. The molecule has 0 aromatic heterocycles. The average molecular weight is 342 g/mol. The van der Waals surface area contributed by atoms with Crippen molar-refractivity contribution in [2.75, 3.05) is 13.4 Å². The molecule has 0 spiro atoms.